The van der Waals surface area contributed by atoms with Crippen molar-refractivity contribution in [2.75, 3.05) is 11.9 Å². The van der Waals surface area contributed by atoms with E-state index in [-0.39, 0.29) is 0 Å². The highest BCUT2D eigenvalue weighted by atomic mass is 15.2. The number of nitrogens with one attached hydrogen (secondary N) is 2. The highest BCUT2D eigenvalue weighted by Crippen LogP contribution is 2.24. The molecule has 0 atom stereocenters. The Balaban J connectivity index is 2.13. The minimum Gasteiger partial charge on any atom is -0.354 e. The molecule has 0 bridgehead atoms. The number of fused-ring (bicyclic) bond motifs is 1. The van der Waals surface area contributed by atoms with Gasteiger partial charge in [-0.3, -0.25) is 5.10 Å². The van der Waals surface area contributed by atoms with Crippen LogP contribution in [0, 0.1) is 0 Å². The third-order valence-corrected chi connectivity index (χ3v) is 2.68. The van der Waals surface area contributed by atoms with Gasteiger partial charge in [-0.1, -0.05) is 6.92 Å². The molecule has 0 unspecified atom stereocenters. The monoisotopic (exact) mass is 255 g/mol. The Kier molecular flexibility index (Phi) is 3.01. The topological polar surface area (TPSA) is 92.3 Å². The molecule has 2 N–H and O–H groups in total. The van der Waals surface area contributed by atoms with Crippen LogP contribution in [-0.2, 0) is 0 Å². The minimum absolute atomic E-state index is 0.581. The minimum atomic E-state index is 0.581. The van der Waals surface area contributed by atoms with Crippen molar-refractivity contribution in [3.8, 4) is 11.3 Å². The van der Waals surface area contributed by atoms with Gasteiger partial charge in [0.25, 0.3) is 0 Å². The summed E-state index contributed by atoms with van der Waals surface area (Å²) in [6, 6.07) is 0. The summed E-state index contributed by atoms with van der Waals surface area (Å²) in [5.74, 6) is 0.581. The molecule has 3 aromatic rings. The molecular formula is C12H13N7. The third kappa shape index (κ3) is 2.22. The number of H-pyrrole nitrogens is 1. The van der Waals surface area contributed by atoms with Crippen LogP contribution in [-0.4, -0.2) is 36.7 Å². The Morgan fingerprint density at radius 1 is 1.16 bits per heavy atom. The molecule has 7 heteroatoms. The molecule has 0 radical (unpaired) electrons. The maximum atomic E-state index is 4.52. The van der Waals surface area contributed by atoms with Crippen molar-refractivity contribution in [2.45, 2.75) is 13.3 Å². The van der Waals surface area contributed by atoms with Gasteiger partial charge in [0.15, 0.2) is 5.65 Å². The molecule has 0 fully saturated rings. The zero-order valence-electron chi connectivity index (χ0n) is 10.5. The van der Waals surface area contributed by atoms with Crippen molar-refractivity contribution in [1.82, 2.24) is 30.1 Å². The van der Waals surface area contributed by atoms with Gasteiger partial charge in [-0.15, -0.1) is 0 Å². The molecule has 3 aromatic heterocycles. The van der Waals surface area contributed by atoms with Crippen LogP contribution in [0.15, 0.2) is 24.9 Å². The lowest BCUT2D eigenvalue weighted by molar-refractivity contribution is 0.955. The highest BCUT2D eigenvalue weighted by molar-refractivity contribution is 5.90. The fourth-order valence-electron chi connectivity index (χ4n) is 1.79. The number of anilines is 1. The van der Waals surface area contributed by atoms with E-state index in [1.807, 2.05) is 0 Å². The lowest BCUT2D eigenvalue weighted by Crippen LogP contribution is -2.05. The van der Waals surface area contributed by atoms with E-state index in [0.29, 0.717) is 11.6 Å². The summed E-state index contributed by atoms with van der Waals surface area (Å²) in [6.07, 6.45) is 7.67. The quantitative estimate of drug-likeness (QED) is 0.736. The molecule has 0 aromatic carbocycles. The van der Waals surface area contributed by atoms with Crippen molar-refractivity contribution in [3.63, 3.8) is 0 Å². The first-order chi connectivity index (χ1) is 9.38. The Bertz CT molecular complexity index is 677. The molecule has 0 saturated carbocycles. The van der Waals surface area contributed by atoms with E-state index in [1.54, 1.807) is 18.6 Å². The van der Waals surface area contributed by atoms with E-state index in [0.717, 1.165) is 29.6 Å². The molecule has 96 valence electrons. The van der Waals surface area contributed by atoms with E-state index in [1.165, 1.54) is 6.33 Å². The van der Waals surface area contributed by atoms with Gasteiger partial charge < -0.3 is 5.32 Å². The Hall–Kier alpha value is -2.57. The molecular weight excluding hydrogens is 242 g/mol. The van der Waals surface area contributed by atoms with Crippen LogP contribution in [0.4, 0.5) is 5.95 Å². The van der Waals surface area contributed by atoms with Crippen LogP contribution in [0.3, 0.4) is 0 Å². The van der Waals surface area contributed by atoms with Gasteiger partial charge in [0.1, 0.15) is 6.33 Å². The largest absolute Gasteiger partial charge is 0.354 e. The summed E-state index contributed by atoms with van der Waals surface area (Å²) in [6.45, 7) is 2.91. The van der Waals surface area contributed by atoms with Gasteiger partial charge in [0.2, 0.25) is 5.95 Å². The van der Waals surface area contributed by atoms with E-state index < -0.39 is 0 Å². The van der Waals surface area contributed by atoms with Crippen molar-refractivity contribution >= 4 is 17.0 Å². The van der Waals surface area contributed by atoms with Crippen LogP contribution < -0.4 is 5.32 Å². The number of rotatable bonds is 4. The van der Waals surface area contributed by atoms with Crippen LogP contribution in [0.25, 0.3) is 22.3 Å². The maximum absolute atomic E-state index is 4.52. The van der Waals surface area contributed by atoms with E-state index >= 15 is 0 Å². The summed E-state index contributed by atoms with van der Waals surface area (Å²) in [4.78, 5) is 16.9. The molecule has 0 aliphatic carbocycles. The van der Waals surface area contributed by atoms with Crippen molar-refractivity contribution in [1.29, 1.82) is 0 Å². The van der Waals surface area contributed by atoms with Gasteiger partial charge in [-0.05, 0) is 6.42 Å². The zero-order valence-corrected chi connectivity index (χ0v) is 10.5. The summed E-state index contributed by atoms with van der Waals surface area (Å²) in [5, 5.41) is 10.9. The van der Waals surface area contributed by atoms with Crippen molar-refractivity contribution in [2.24, 2.45) is 0 Å². The maximum Gasteiger partial charge on any atom is 0.225 e. The van der Waals surface area contributed by atoms with Gasteiger partial charge in [0.05, 0.1) is 17.3 Å². The molecule has 7 nitrogen and oxygen atoms in total. The molecule has 3 rings (SSSR count). The molecule has 0 aliphatic rings. The van der Waals surface area contributed by atoms with Gasteiger partial charge in [-0.25, -0.2) is 15.0 Å². The highest BCUT2D eigenvalue weighted by Gasteiger charge is 2.11. The number of nitrogens with zero attached hydrogens (tertiary/aromatic N) is 5. The first-order valence-electron chi connectivity index (χ1n) is 6.09. The van der Waals surface area contributed by atoms with Gasteiger partial charge in [-0.2, -0.15) is 10.1 Å². The van der Waals surface area contributed by atoms with Crippen LogP contribution in [0.2, 0.25) is 0 Å². The summed E-state index contributed by atoms with van der Waals surface area (Å²) >= 11 is 0. The normalized spacial score (nSPS) is 10.8. The molecule has 0 aliphatic heterocycles. The van der Waals surface area contributed by atoms with Gasteiger partial charge in [0, 0.05) is 24.5 Å². The number of hydrogen-bond donors (Lipinski definition) is 2. The second-order valence-corrected chi connectivity index (χ2v) is 4.08. The van der Waals surface area contributed by atoms with Crippen molar-refractivity contribution in [3.05, 3.63) is 24.9 Å². The van der Waals surface area contributed by atoms with Gasteiger partial charge >= 0.3 is 0 Å². The standard InChI is InChI=1S/C12H13N7/c1-2-3-15-12-17-10(8-4-13-7-14-5-8)9-6-16-19-11(9)18-12/h4-7H,2-3H2,1H3,(H2,15,16,17,18,19). The molecule has 0 amide bonds. The third-order valence-electron chi connectivity index (χ3n) is 2.68. The second kappa shape index (κ2) is 4.97. The predicted octanol–water partition coefficient (Wildman–Crippen LogP) is 1.63. The summed E-state index contributed by atoms with van der Waals surface area (Å²) in [5.41, 5.74) is 2.32. The second-order valence-electron chi connectivity index (χ2n) is 4.08. The SMILES string of the molecule is CCCNc1nc(-c2cncnc2)c2cn[nH]c2n1. The predicted molar refractivity (Wildman–Crippen MR) is 71.5 cm³/mol. The average molecular weight is 255 g/mol. The van der Waals surface area contributed by atoms with Crippen molar-refractivity contribution < 1.29 is 0 Å². The Morgan fingerprint density at radius 2 is 2.00 bits per heavy atom. The Labute approximate surface area is 109 Å². The lowest BCUT2D eigenvalue weighted by atomic mass is 10.2. The molecule has 3 heterocycles. The smallest absolute Gasteiger partial charge is 0.225 e. The molecule has 0 saturated heterocycles. The lowest BCUT2D eigenvalue weighted by Gasteiger charge is -2.06. The zero-order chi connectivity index (χ0) is 13.1. The first kappa shape index (κ1) is 11.5. The Morgan fingerprint density at radius 3 is 2.79 bits per heavy atom. The number of aromatic nitrogens is 6. The van der Waals surface area contributed by atoms with Crippen LogP contribution in [0.1, 0.15) is 13.3 Å². The summed E-state index contributed by atoms with van der Waals surface area (Å²) in [7, 11) is 0. The first-order valence-corrected chi connectivity index (χ1v) is 6.09. The van der Waals surface area contributed by atoms with E-state index in [9.17, 15) is 0 Å². The van der Waals surface area contributed by atoms with Crippen LogP contribution >= 0.6 is 0 Å². The fourth-order valence-corrected chi connectivity index (χ4v) is 1.79. The van der Waals surface area contributed by atoms with E-state index in [2.05, 4.69) is 42.4 Å². The summed E-state index contributed by atoms with van der Waals surface area (Å²) < 4.78 is 0. The fraction of sp³-hybridized carbons (Fsp3) is 0.250. The molecule has 19 heavy (non-hydrogen) atoms. The number of aromatic amines is 1. The average Bonchev–Trinajstić information content (AvgIpc) is 2.93. The van der Waals surface area contributed by atoms with E-state index in [4.69, 9.17) is 0 Å². The van der Waals surface area contributed by atoms with Crippen LogP contribution in [0.5, 0.6) is 0 Å². The molecule has 0 spiro atoms. The number of hydrogen-bond acceptors (Lipinski definition) is 6.